The molecule has 1 aromatic carbocycles. The van der Waals surface area contributed by atoms with Gasteiger partial charge in [-0.1, -0.05) is 0 Å². The molecule has 2 amide bonds. The first-order valence-corrected chi connectivity index (χ1v) is 9.00. The van der Waals surface area contributed by atoms with Crippen molar-refractivity contribution < 1.29 is 19.1 Å². The molecule has 0 aliphatic carbocycles. The maximum atomic E-state index is 12.7. The van der Waals surface area contributed by atoms with Crippen molar-refractivity contribution in [1.82, 2.24) is 10.2 Å². The molecule has 1 unspecified atom stereocenters. The first-order valence-electron chi connectivity index (χ1n) is 9.00. The number of halogens is 1. The number of amides is 2. The van der Waals surface area contributed by atoms with E-state index >= 15 is 0 Å². The molecule has 27 heavy (non-hydrogen) atoms. The highest BCUT2D eigenvalue weighted by atomic mass is 35.5. The molecule has 0 aromatic heterocycles. The number of hydrogen-bond acceptors (Lipinski definition) is 5. The Morgan fingerprint density at radius 3 is 2.41 bits per heavy atom. The van der Waals surface area contributed by atoms with Crippen LogP contribution in [0.4, 0.5) is 0 Å². The first kappa shape index (κ1) is 23.0. The summed E-state index contributed by atoms with van der Waals surface area (Å²) in [6.45, 7) is 3.13. The maximum Gasteiger partial charge on any atom is 0.253 e. The summed E-state index contributed by atoms with van der Waals surface area (Å²) in [5, 5.41) is 3.04. The largest absolute Gasteiger partial charge is 0.493 e. The van der Waals surface area contributed by atoms with E-state index in [-0.39, 0.29) is 36.3 Å². The molecule has 8 heteroatoms. The molecular formula is C19H30ClN3O4. The van der Waals surface area contributed by atoms with Crippen LogP contribution < -0.4 is 20.5 Å². The number of rotatable bonds is 7. The van der Waals surface area contributed by atoms with Gasteiger partial charge in [-0.15, -0.1) is 12.4 Å². The van der Waals surface area contributed by atoms with E-state index in [4.69, 9.17) is 15.2 Å². The second-order valence-electron chi connectivity index (χ2n) is 6.72. The molecule has 7 nitrogen and oxygen atoms in total. The predicted molar refractivity (Wildman–Crippen MR) is 107 cm³/mol. The number of nitrogens with zero attached hydrogens (tertiary/aromatic N) is 1. The minimum absolute atomic E-state index is 0. The second kappa shape index (κ2) is 11.0. The minimum Gasteiger partial charge on any atom is -0.493 e. The molecule has 0 spiro atoms. The van der Waals surface area contributed by atoms with Gasteiger partial charge in [-0.2, -0.15) is 0 Å². The monoisotopic (exact) mass is 399 g/mol. The number of piperidine rings is 1. The number of nitrogens with one attached hydrogen (secondary N) is 1. The van der Waals surface area contributed by atoms with Crippen LogP contribution >= 0.6 is 12.4 Å². The van der Waals surface area contributed by atoms with Crippen molar-refractivity contribution >= 4 is 24.2 Å². The van der Waals surface area contributed by atoms with Gasteiger partial charge in [0.2, 0.25) is 5.91 Å². The van der Waals surface area contributed by atoms with Crippen molar-refractivity contribution in [3.8, 4) is 11.5 Å². The average Bonchev–Trinajstić information content (AvgIpc) is 2.65. The maximum absolute atomic E-state index is 12.7. The Labute approximate surface area is 167 Å². The quantitative estimate of drug-likeness (QED) is 0.731. The SMILES string of the molecule is COc1ccc(C(=O)N2CCC(NC(=O)CCC(C)N)CC2)cc1OC.Cl. The van der Waals surface area contributed by atoms with Crippen LogP contribution in [0.25, 0.3) is 0 Å². The third-order valence-corrected chi connectivity index (χ3v) is 4.60. The van der Waals surface area contributed by atoms with Crippen molar-refractivity contribution in [3.63, 3.8) is 0 Å². The lowest BCUT2D eigenvalue weighted by atomic mass is 10.0. The van der Waals surface area contributed by atoms with Gasteiger partial charge in [-0.25, -0.2) is 0 Å². The van der Waals surface area contributed by atoms with Crippen LogP contribution in [0, 0.1) is 0 Å². The summed E-state index contributed by atoms with van der Waals surface area (Å²) in [6, 6.07) is 5.32. The highest BCUT2D eigenvalue weighted by Gasteiger charge is 2.25. The summed E-state index contributed by atoms with van der Waals surface area (Å²) >= 11 is 0. The van der Waals surface area contributed by atoms with Gasteiger partial charge in [0, 0.05) is 37.2 Å². The normalized spacial score (nSPS) is 15.5. The zero-order valence-electron chi connectivity index (χ0n) is 16.2. The molecule has 1 saturated heterocycles. The standard InChI is InChI=1S/C19H29N3O4.ClH/c1-13(20)4-7-18(23)21-15-8-10-22(11-9-15)19(24)14-5-6-16(25-2)17(12-14)26-3;/h5-6,12-13,15H,4,7-11,20H2,1-3H3,(H,21,23);1H. The highest BCUT2D eigenvalue weighted by Crippen LogP contribution is 2.28. The Morgan fingerprint density at radius 2 is 1.85 bits per heavy atom. The van der Waals surface area contributed by atoms with Crippen molar-refractivity contribution in [2.24, 2.45) is 5.73 Å². The zero-order chi connectivity index (χ0) is 19.1. The Bertz CT molecular complexity index is 631. The van der Waals surface area contributed by atoms with E-state index in [1.807, 2.05) is 11.8 Å². The summed E-state index contributed by atoms with van der Waals surface area (Å²) in [7, 11) is 3.11. The van der Waals surface area contributed by atoms with Gasteiger partial charge in [0.1, 0.15) is 0 Å². The topological polar surface area (TPSA) is 93.9 Å². The molecule has 1 atom stereocenters. The van der Waals surface area contributed by atoms with E-state index in [9.17, 15) is 9.59 Å². The summed E-state index contributed by atoms with van der Waals surface area (Å²) in [4.78, 5) is 26.4. The number of nitrogens with two attached hydrogens (primary N) is 1. The van der Waals surface area contributed by atoms with Crippen LogP contribution in [0.3, 0.4) is 0 Å². The molecule has 3 N–H and O–H groups in total. The number of hydrogen-bond donors (Lipinski definition) is 2. The Hall–Kier alpha value is -1.99. The highest BCUT2D eigenvalue weighted by molar-refractivity contribution is 5.95. The van der Waals surface area contributed by atoms with Gasteiger partial charge in [0.25, 0.3) is 5.91 Å². The molecule has 1 aromatic rings. The lowest BCUT2D eigenvalue weighted by Crippen LogP contribution is -2.46. The van der Waals surface area contributed by atoms with Crippen molar-refractivity contribution in [2.75, 3.05) is 27.3 Å². The molecular weight excluding hydrogens is 370 g/mol. The fraction of sp³-hybridized carbons (Fsp3) is 0.579. The lowest BCUT2D eigenvalue weighted by Gasteiger charge is -2.32. The number of methoxy groups -OCH3 is 2. The molecule has 0 saturated carbocycles. The van der Waals surface area contributed by atoms with Crippen LogP contribution in [0.2, 0.25) is 0 Å². The molecule has 1 aliphatic heterocycles. The van der Waals surface area contributed by atoms with E-state index in [0.717, 1.165) is 12.8 Å². The summed E-state index contributed by atoms with van der Waals surface area (Å²) < 4.78 is 10.5. The number of benzene rings is 1. The van der Waals surface area contributed by atoms with E-state index < -0.39 is 0 Å². The second-order valence-corrected chi connectivity index (χ2v) is 6.72. The van der Waals surface area contributed by atoms with Crippen molar-refractivity contribution in [3.05, 3.63) is 23.8 Å². The fourth-order valence-electron chi connectivity index (χ4n) is 3.04. The third kappa shape index (κ3) is 6.59. The molecule has 1 aliphatic rings. The van der Waals surface area contributed by atoms with Gasteiger partial charge in [-0.05, 0) is 44.4 Å². The zero-order valence-corrected chi connectivity index (χ0v) is 17.0. The number of carbonyl (C=O) groups is 2. The first-order chi connectivity index (χ1) is 12.4. The molecule has 0 radical (unpaired) electrons. The Kier molecular flexibility index (Phi) is 9.38. The number of carbonyl (C=O) groups excluding carboxylic acids is 2. The van der Waals surface area contributed by atoms with Crippen LogP contribution in [0.15, 0.2) is 18.2 Å². The van der Waals surface area contributed by atoms with Crippen LogP contribution in [0.1, 0.15) is 43.0 Å². The van der Waals surface area contributed by atoms with Gasteiger partial charge >= 0.3 is 0 Å². The fourth-order valence-corrected chi connectivity index (χ4v) is 3.04. The van der Waals surface area contributed by atoms with Crippen LogP contribution in [-0.2, 0) is 4.79 Å². The molecule has 0 bridgehead atoms. The van der Waals surface area contributed by atoms with Gasteiger partial charge in [0.15, 0.2) is 11.5 Å². The number of likely N-dealkylation sites (tertiary alicyclic amines) is 1. The van der Waals surface area contributed by atoms with Crippen molar-refractivity contribution in [2.45, 2.75) is 44.7 Å². The molecule has 152 valence electrons. The average molecular weight is 400 g/mol. The van der Waals surface area contributed by atoms with E-state index in [0.29, 0.717) is 43.0 Å². The summed E-state index contributed by atoms with van der Waals surface area (Å²) in [6.07, 6.45) is 2.64. The van der Waals surface area contributed by atoms with Crippen LogP contribution in [0.5, 0.6) is 11.5 Å². The minimum atomic E-state index is -0.0345. The molecule has 1 fully saturated rings. The van der Waals surface area contributed by atoms with Gasteiger partial charge < -0.3 is 25.4 Å². The third-order valence-electron chi connectivity index (χ3n) is 4.60. The summed E-state index contributed by atoms with van der Waals surface area (Å²) in [5.74, 6) is 1.13. The van der Waals surface area contributed by atoms with Crippen LogP contribution in [-0.4, -0.2) is 56.1 Å². The van der Waals surface area contributed by atoms with E-state index in [1.54, 1.807) is 32.4 Å². The number of ether oxygens (including phenoxy) is 2. The van der Waals surface area contributed by atoms with Gasteiger partial charge in [0.05, 0.1) is 14.2 Å². The predicted octanol–water partition coefficient (Wildman–Crippen LogP) is 1.97. The Morgan fingerprint density at radius 1 is 1.22 bits per heavy atom. The molecule has 1 heterocycles. The summed E-state index contributed by atoms with van der Waals surface area (Å²) in [5.41, 5.74) is 6.25. The Balaban J connectivity index is 0.00000364. The van der Waals surface area contributed by atoms with E-state index in [1.165, 1.54) is 0 Å². The molecule has 2 rings (SSSR count). The van der Waals surface area contributed by atoms with E-state index in [2.05, 4.69) is 5.32 Å². The smallest absolute Gasteiger partial charge is 0.253 e. The van der Waals surface area contributed by atoms with Crippen molar-refractivity contribution in [1.29, 1.82) is 0 Å². The lowest BCUT2D eigenvalue weighted by molar-refractivity contribution is -0.122. The van der Waals surface area contributed by atoms with Gasteiger partial charge in [-0.3, -0.25) is 9.59 Å².